The number of nitrogen functional groups attached to an aromatic ring is 1. The van der Waals surface area contributed by atoms with E-state index < -0.39 is 4.92 Å². The number of rotatable bonds is 5. The number of pyridine rings is 1. The Morgan fingerprint density at radius 1 is 1.45 bits per heavy atom. The number of nitrogens with two attached hydrogens (primary N) is 1. The second kappa shape index (κ2) is 6.76. The molecule has 1 aliphatic rings. The first kappa shape index (κ1) is 14.9. The molecule has 2 rings (SSSR count). The third-order valence-electron chi connectivity index (χ3n) is 3.48. The quantitative estimate of drug-likeness (QED) is 0.435. The van der Waals surface area contributed by atoms with Crippen LogP contribution in [0, 0.1) is 10.1 Å². The van der Waals surface area contributed by atoms with Crippen molar-refractivity contribution in [1.29, 1.82) is 0 Å². The van der Waals surface area contributed by atoms with Crippen molar-refractivity contribution in [3.63, 3.8) is 0 Å². The third-order valence-corrected chi connectivity index (χ3v) is 4.58. The summed E-state index contributed by atoms with van der Waals surface area (Å²) in [5.41, 5.74) is 2.34. The zero-order valence-electron chi connectivity index (χ0n) is 11.3. The summed E-state index contributed by atoms with van der Waals surface area (Å²) < 4.78 is 0. The molecule has 2 atom stereocenters. The van der Waals surface area contributed by atoms with E-state index in [1.807, 2.05) is 11.8 Å². The van der Waals surface area contributed by atoms with Crippen LogP contribution in [0.15, 0.2) is 12.1 Å². The average molecular weight is 297 g/mol. The van der Waals surface area contributed by atoms with Crippen LogP contribution in [0.3, 0.4) is 0 Å². The van der Waals surface area contributed by atoms with E-state index in [9.17, 15) is 10.1 Å². The van der Waals surface area contributed by atoms with Crippen molar-refractivity contribution in [2.45, 2.75) is 37.0 Å². The fraction of sp³-hybridized carbons (Fsp3) is 0.583. The SMILES string of the molecule is CSC1CCCC(Nc2cc([N+](=O)[O-])cc(NN)n2)C1. The molecule has 20 heavy (non-hydrogen) atoms. The number of nitro groups is 1. The van der Waals surface area contributed by atoms with Gasteiger partial charge in [-0.15, -0.1) is 0 Å². The highest BCUT2D eigenvalue weighted by atomic mass is 32.2. The fourth-order valence-electron chi connectivity index (χ4n) is 2.47. The van der Waals surface area contributed by atoms with Crippen molar-refractivity contribution in [2.24, 2.45) is 5.84 Å². The molecule has 7 nitrogen and oxygen atoms in total. The smallest absolute Gasteiger partial charge is 0.276 e. The lowest BCUT2D eigenvalue weighted by Crippen LogP contribution is -2.29. The maximum atomic E-state index is 10.9. The molecular formula is C12H19N5O2S. The van der Waals surface area contributed by atoms with Crippen LogP contribution in [-0.4, -0.2) is 27.5 Å². The molecule has 4 N–H and O–H groups in total. The second-order valence-corrected chi connectivity index (χ2v) is 6.00. The van der Waals surface area contributed by atoms with Gasteiger partial charge in [0, 0.05) is 11.3 Å². The molecule has 0 amide bonds. The molecule has 0 radical (unpaired) electrons. The molecule has 1 heterocycles. The van der Waals surface area contributed by atoms with Gasteiger partial charge in [-0.2, -0.15) is 11.8 Å². The molecule has 1 fully saturated rings. The van der Waals surface area contributed by atoms with Crippen molar-refractivity contribution >= 4 is 29.1 Å². The number of nitrogens with zero attached hydrogens (tertiary/aromatic N) is 2. The molecule has 0 aromatic carbocycles. The lowest BCUT2D eigenvalue weighted by Gasteiger charge is -2.29. The van der Waals surface area contributed by atoms with E-state index >= 15 is 0 Å². The lowest BCUT2D eigenvalue weighted by molar-refractivity contribution is -0.384. The predicted molar refractivity (Wildman–Crippen MR) is 81.9 cm³/mol. The van der Waals surface area contributed by atoms with E-state index in [2.05, 4.69) is 22.0 Å². The van der Waals surface area contributed by atoms with E-state index in [0.717, 1.165) is 12.8 Å². The van der Waals surface area contributed by atoms with Crippen LogP contribution >= 0.6 is 11.8 Å². The van der Waals surface area contributed by atoms with Gasteiger partial charge in [0.05, 0.1) is 17.1 Å². The number of anilines is 2. The summed E-state index contributed by atoms with van der Waals surface area (Å²) in [4.78, 5) is 14.7. The van der Waals surface area contributed by atoms with Crippen molar-refractivity contribution in [3.8, 4) is 0 Å². The highest BCUT2D eigenvalue weighted by Gasteiger charge is 2.22. The van der Waals surface area contributed by atoms with Crippen molar-refractivity contribution in [1.82, 2.24) is 4.98 Å². The van der Waals surface area contributed by atoms with E-state index in [4.69, 9.17) is 5.84 Å². The number of aromatic nitrogens is 1. The predicted octanol–water partition coefficient (Wildman–Crippen LogP) is 2.36. The summed E-state index contributed by atoms with van der Waals surface area (Å²) in [5, 5.41) is 14.8. The molecular weight excluding hydrogens is 278 g/mol. The topological polar surface area (TPSA) is 106 Å². The lowest BCUT2D eigenvalue weighted by atomic mass is 9.95. The minimum Gasteiger partial charge on any atom is -0.367 e. The molecule has 0 spiro atoms. The Hall–Kier alpha value is -1.54. The number of nitrogens with one attached hydrogen (secondary N) is 2. The first-order valence-electron chi connectivity index (χ1n) is 6.54. The monoisotopic (exact) mass is 297 g/mol. The van der Waals surface area contributed by atoms with Gasteiger partial charge >= 0.3 is 0 Å². The molecule has 1 aromatic rings. The first-order chi connectivity index (χ1) is 9.62. The molecule has 1 aromatic heterocycles. The van der Waals surface area contributed by atoms with Crippen molar-refractivity contribution in [2.75, 3.05) is 17.0 Å². The van der Waals surface area contributed by atoms with Gasteiger partial charge in [-0.3, -0.25) is 10.1 Å². The van der Waals surface area contributed by atoms with Crippen LogP contribution in [0.25, 0.3) is 0 Å². The number of hydrazine groups is 1. The zero-order valence-corrected chi connectivity index (χ0v) is 12.2. The van der Waals surface area contributed by atoms with E-state index in [-0.39, 0.29) is 5.69 Å². The fourth-order valence-corrected chi connectivity index (χ4v) is 3.30. The molecule has 2 unspecified atom stereocenters. The Morgan fingerprint density at radius 2 is 2.20 bits per heavy atom. The maximum Gasteiger partial charge on any atom is 0.276 e. The molecule has 8 heteroatoms. The largest absolute Gasteiger partial charge is 0.367 e. The molecule has 0 saturated heterocycles. The Bertz CT molecular complexity index is 485. The Morgan fingerprint density at radius 3 is 2.85 bits per heavy atom. The van der Waals surface area contributed by atoms with Gasteiger partial charge in [-0.1, -0.05) is 6.42 Å². The van der Waals surface area contributed by atoms with E-state index in [1.54, 1.807) is 0 Å². The van der Waals surface area contributed by atoms with Gasteiger partial charge in [0.15, 0.2) is 0 Å². The summed E-state index contributed by atoms with van der Waals surface area (Å²) in [6, 6.07) is 3.07. The van der Waals surface area contributed by atoms with Crippen LogP contribution in [0.2, 0.25) is 0 Å². The third kappa shape index (κ3) is 3.73. The molecule has 0 aliphatic heterocycles. The number of hydrogen-bond acceptors (Lipinski definition) is 7. The zero-order chi connectivity index (χ0) is 14.5. The van der Waals surface area contributed by atoms with E-state index in [0.29, 0.717) is 22.9 Å². The summed E-state index contributed by atoms with van der Waals surface area (Å²) in [5.74, 6) is 6.09. The van der Waals surface area contributed by atoms with Crippen LogP contribution in [-0.2, 0) is 0 Å². The van der Waals surface area contributed by atoms with Crippen LogP contribution in [0.4, 0.5) is 17.3 Å². The Labute approximate surface area is 121 Å². The summed E-state index contributed by atoms with van der Waals surface area (Å²) >= 11 is 1.87. The minimum atomic E-state index is -0.445. The molecule has 1 aliphatic carbocycles. The highest BCUT2D eigenvalue weighted by Crippen LogP contribution is 2.29. The molecule has 110 valence electrons. The molecule has 1 saturated carbocycles. The Balaban J connectivity index is 2.11. The standard InChI is InChI=1S/C12H19N5O2S/c1-20-10-4-2-3-8(5-10)14-11-6-9(17(18)19)7-12(15-11)16-13/h6-8,10H,2-5,13H2,1H3,(H2,14,15,16). The summed E-state index contributed by atoms with van der Waals surface area (Å²) in [6.45, 7) is 0. The van der Waals surface area contributed by atoms with Crippen LogP contribution < -0.4 is 16.6 Å². The molecule has 0 bridgehead atoms. The van der Waals surface area contributed by atoms with Crippen molar-refractivity contribution in [3.05, 3.63) is 22.2 Å². The van der Waals surface area contributed by atoms with Crippen LogP contribution in [0.5, 0.6) is 0 Å². The summed E-state index contributed by atoms with van der Waals surface area (Å²) in [7, 11) is 0. The normalized spacial score (nSPS) is 22.3. The second-order valence-electron chi connectivity index (χ2n) is 4.86. The van der Waals surface area contributed by atoms with Crippen LogP contribution in [0.1, 0.15) is 25.7 Å². The van der Waals surface area contributed by atoms with E-state index in [1.165, 1.54) is 25.0 Å². The number of thioether (sulfide) groups is 1. The van der Waals surface area contributed by atoms with Gasteiger partial charge in [-0.25, -0.2) is 10.8 Å². The van der Waals surface area contributed by atoms with Gasteiger partial charge in [0.25, 0.3) is 5.69 Å². The average Bonchev–Trinajstić information content (AvgIpc) is 2.47. The highest BCUT2D eigenvalue weighted by molar-refractivity contribution is 7.99. The first-order valence-corrected chi connectivity index (χ1v) is 7.83. The van der Waals surface area contributed by atoms with Crippen molar-refractivity contribution < 1.29 is 4.92 Å². The van der Waals surface area contributed by atoms with Gasteiger partial charge in [0.2, 0.25) is 0 Å². The maximum absolute atomic E-state index is 10.9. The number of hydrogen-bond donors (Lipinski definition) is 3. The van der Waals surface area contributed by atoms with Gasteiger partial charge < -0.3 is 10.7 Å². The minimum absolute atomic E-state index is 0.0207. The van der Waals surface area contributed by atoms with Gasteiger partial charge in [-0.05, 0) is 25.5 Å². The summed E-state index contributed by atoms with van der Waals surface area (Å²) in [6.07, 6.45) is 6.64. The Kier molecular flexibility index (Phi) is 5.02. The van der Waals surface area contributed by atoms with Gasteiger partial charge in [0.1, 0.15) is 11.6 Å².